The molecule has 0 fully saturated rings. The van der Waals surface area contributed by atoms with Crippen molar-refractivity contribution in [2.45, 2.75) is 6.92 Å². The van der Waals surface area contributed by atoms with Crippen molar-refractivity contribution in [1.29, 1.82) is 0 Å². The van der Waals surface area contributed by atoms with E-state index < -0.39 is 0 Å². The number of nitrogens with two attached hydrogens (primary N) is 1. The number of fused-ring (bicyclic) bond motifs is 1. The van der Waals surface area contributed by atoms with Crippen LogP contribution in [0.25, 0.3) is 10.2 Å². The highest BCUT2D eigenvalue weighted by molar-refractivity contribution is 7.22. The maximum Gasteiger partial charge on any atom is 0.259 e. The lowest BCUT2D eigenvalue weighted by Gasteiger charge is -2.02. The summed E-state index contributed by atoms with van der Waals surface area (Å²) in [4.78, 5) is 20.5. The molecule has 0 saturated heterocycles. The van der Waals surface area contributed by atoms with Gasteiger partial charge in [-0.05, 0) is 36.8 Å². The first-order chi connectivity index (χ1) is 10.2. The number of hydrogen-bond donors (Lipinski definition) is 3. The SMILES string of the molecule is Cc1ccc2nc(NC(=O)c3ccc(NN)nc3)sc2c1. The summed E-state index contributed by atoms with van der Waals surface area (Å²) in [5.41, 5.74) is 4.90. The second kappa shape index (κ2) is 5.47. The molecule has 21 heavy (non-hydrogen) atoms. The first-order valence-corrected chi connectivity index (χ1v) is 7.08. The number of nitrogen functional groups attached to an aromatic ring is 1. The van der Waals surface area contributed by atoms with Gasteiger partial charge in [-0.2, -0.15) is 0 Å². The van der Waals surface area contributed by atoms with E-state index in [1.54, 1.807) is 12.1 Å². The number of carbonyl (C=O) groups excluding carboxylic acids is 1. The van der Waals surface area contributed by atoms with Crippen molar-refractivity contribution in [3.05, 3.63) is 47.7 Å². The third kappa shape index (κ3) is 2.83. The Morgan fingerprint density at radius 1 is 1.29 bits per heavy atom. The van der Waals surface area contributed by atoms with Crippen molar-refractivity contribution in [1.82, 2.24) is 9.97 Å². The third-order valence-corrected chi connectivity index (χ3v) is 3.87. The summed E-state index contributed by atoms with van der Waals surface area (Å²) in [7, 11) is 0. The predicted molar refractivity (Wildman–Crippen MR) is 84.4 cm³/mol. The van der Waals surface area contributed by atoms with Crippen LogP contribution in [0.3, 0.4) is 0 Å². The van der Waals surface area contributed by atoms with Gasteiger partial charge in [0.2, 0.25) is 0 Å². The van der Waals surface area contributed by atoms with E-state index in [0.717, 1.165) is 15.8 Å². The van der Waals surface area contributed by atoms with Crippen LogP contribution in [-0.2, 0) is 0 Å². The van der Waals surface area contributed by atoms with Crippen LogP contribution in [0, 0.1) is 6.92 Å². The number of rotatable bonds is 3. The maximum absolute atomic E-state index is 12.1. The Balaban J connectivity index is 1.81. The summed E-state index contributed by atoms with van der Waals surface area (Å²) in [6, 6.07) is 9.27. The molecule has 0 unspecified atom stereocenters. The first-order valence-electron chi connectivity index (χ1n) is 6.27. The van der Waals surface area contributed by atoms with Crippen LogP contribution in [0.4, 0.5) is 10.9 Å². The van der Waals surface area contributed by atoms with Gasteiger partial charge in [-0.1, -0.05) is 17.4 Å². The Morgan fingerprint density at radius 2 is 2.14 bits per heavy atom. The minimum atomic E-state index is -0.248. The van der Waals surface area contributed by atoms with Crippen molar-refractivity contribution >= 4 is 38.4 Å². The summed E-state index contributed by atoms with van der Waals surface area (Å²) in [6.45, 7) is 2.02. The largest absolute Gasteiger partial charge is 0.308 e. The zero-order valence-electron chi connectivity index (χ0n) is 11.3. The molecular formula is C14H13N5OS. The Morgan fingerprint density at radius 3 is 2.86 bits per heavy atom. The molecule has 0 atom stereocenters. The van der Waals surface area contributed by atoms with Crippen molar-refractivity contribution in [3.63, 3.8) is 0 Å². The van der Waals surface area contributed by atoms with E-state index >= 15 is 0 Å². The van der Waals surface area contributed by atoms with E-state index in [1.807, 2.05) is 25.1 Å². The summed E-state index contributed by atoms with van der Waals surface area (Å²) in [5, 5.41) is 3.35. The Labute approximate surface area is 125 Å². The number of aromatic nitrogens is 2. The molecule has 0 aliphatic carbocycles. The second-order valence-electron chi connectivity index (χ2n) is 4.52. The fraction of sp³-hybridized carbons (Fsp3) is 0.0714. The topological polar surface area (TPSA) is 92.9 Å². The van der Waals surface area contributed by atoms with E-state index in [-0.39, 0.29) is 5.91 Å². The molecule has 2 aromatic heterocycles. The molecular weight excluding hydrogens is 286 g/mol. The molecule has 0 aliphatic rings. The number of nitrogens with zero attached hydrogens (tertiary/aromatic N) is 2. The molecule has 3 rings (SSSR count). The van der Waals surface area contributed by atoms with Gasteiger partial charge in [-0.3, -0.25) is 10.1 Å². The van der Waals surface area contributed by atoms with Crippen molar-refractivity contribution < 1.29 is 4.79 Å². The van der Waals surface area contributed by atoms with Gasteiger partial charge in [0.25, 0.3) is 5.91 Å². The number of carbonyl (C=O) groups is 1. The smallest absolute Gasteiger partial charge is 0.259 e. The second-order valence-corrected chi connectivity index (χ2v) is 5.55. The summed E-state index contributed by atoms with van der Waals surface area (Å²) < 4.78 is 1.05. The molecule has 2 heterocycles. The summed E-state index contributed by atoms with van der Waals surface area (Å²) in [6.07, 6.45) is 1.46. The number of amides is 1. The number of nitrogens with one attached hydrogen (secondary N) is 2. The van der Waals surface area contributed by atoms with Crippen molar-refractivity contribution in [2.24, 2.45) is 5.84 Å². The number of benzene rings is 1. The molecule has 4 N–H and O–H groups in total. The van der Waals surface area contributed by atoms with Gasteiger partial charge in [-0.25, -0.2) is 15.8 Å². The van der Waals surface area contributed by atoms with E-state index in [9.17, 15) is 4.79 Å². The molecule has 0 bridgehead atoms. The summed E-state index contributed by atoms with van der Waals surface area (Å²) in [5.74, 6) is 5.49. The monoisotopic (exact) mass is 299 g/mol. The molecule has 0 saturated carbocycles. The highest BCUT2D eigenvalue weighted by Gasteiger charge is 2.10. The van der Waals surface area contributed by atoms with Crippen LogP contribution in [0.1, 0.15) is 15.9 Å². The van der Waals surface area contributed by atoms with Crippen molar-refractivity contribution in [2.75, 3.05) is 10.7 Å². The number of hydrogen-bond acceptors (Lipinski definition) is 6. The van der Waals surface area contributed by atoms with E-state index in [1.165, 1.54) is 17.5 Å². The Hall–Kier alpha value is -2.51. The highest BCUT2D eigenvalue weighted by atomic mass is 32.1. The molecule has 0 aliphatic heterocycles. The van der Waals surface area contributed by atoms with Crippen LogP contribution in [-0.4, -0.2) is 15.9 Å². The van der Waals surface area contributed by atoms with Gasteiger partial charge in [0.1, 0.15) is 5.82 Å². The average molecular weight is 299 g/mol. The van der Waals surface area contributed by atoms with Gasteiger partial charge in [0, 0.05) is 6.20 Å². The quantitative estimate of drug-likeness (QED) is 0.510. The van der Waals surface area contributed by atoms with Crippen molar-refractivity contribution in [3.8, 4) is 0 Å². The molecule has 0 radical (unpaired) electrons. The van der Waals surface area contributed by atoms with Crippen LogP contribution in [0.5, 0.6) is 0 Å². The van der Waals surface area contributed by atoms with Crippen LogP contribution >= 0.6 is 11.3 Å². The Bertz CT molecular complexity index is 797. The van der Waals surface area contributed by atoms with Crippen LogP contribution in [0.15, 0.2) is 36.5 Å². The van der Waals surface area contributed by atoms with Gasteiger partial charge < -0.3 is 5.43 Å². The van der Waals surface area contributed by atoms with E-state index in [4.69, 9.17) is 5.84 Å². The molecule has 1 amide bonds. The first kappa shape index (κ1) is 13.5. The van der Waals surface area contributed by atoms with Crippen LogP contribution in [0.2, 0.25) is 0 Å². The number of anilines is 2. The molecule has 1 aromatic carbocycles. The fourth-order valence-electron chi connectivity index (χ4n) is 1.87. The minimum absolute atomic E-state index is 0.248. The molecule has 0 spiro atoms. The van der Waals surface area contributed by atoms with E-state index in [2.05, 4.69) is 20.7 Å². The standard InChI is InChI=1S/C14H13N5OS/c1-8-2-4-10-11(6-8)21-14(17-10)18-13(20)9-3-5-12(19-15)16-7-9/h2-7H,15H2,1H3,(H,16,19)(H,17,18,20). The number of pyridine rings is 1. The maximum atomic E-state index is 12.1. The zero-order valence-corrected chi connectivity index (χ0v) is 12.1. The zero-order chi connectivity index (χ0) is 14.8. The average Bonchev–Trinajstić information content (AvgIpc) is 2.88. The third-order valence-electron chi connectivity index (χ3n) is 2.94. The van der Waals surface area contributed by atoms with Gasteiger partial charge in [-0.15, -0.1) is 0 Å². The summed E-state index contributed by atoms with van der Waals surface area (Å²) >= 11 is 1.45. The lowest BCUT2D eigenvalue weighted by molar-refractivity contribution is 0.102. The number of thiazole rings is 1. The van der Waals surface area contributed by atoms with Gasteiger partial charge in [0.15, 0.2) is 5.13 Å². The number of hydrazine groups is 1. The lowest BCUT2D eigenvalue weighted by atomic mass is 10.2. The predicted octanol–water partition coefficient (Wildman–Crippen LogP) is 2.54. The fourth-order valence-corrected chi connectivity index (χ4v) is 2.83. The molecule has 106 valence electrons. The van der Waals surface area contributed by atoms with E-state index in [0.29, 0.717) is 16.5 Å². The normalized spacial score (nSPS) is 10.6. The molecule has 7 heteroatoms. The Kier molecular flexibility index (Phi) is 3.51. The lowest BCUT2D eigenvalue weighted by Crippen LogP contribution is -2.13. The highest BCUT2D eigenvalue weighted by Crippen LogP contribution is 2.26. The minimum Gasteiger partial charge on any atom is -0.308 e. The van der Waals surface area contributed by atoms with Gasteiger partial charge >= 0.3 is 0 Å². The van der Waals surface area contributed by atoms with Gasteiger partial charge in [0.05, 0.1) is 15.8 Å². The van der Waals surface area contributed by atoms with Crippen LogP contribution < -0.4 is 16.6 Å². The molecule has 6 nitrogen and oxygen atoms in total. The molecule has 3 aromatic rings. The number of aryl methyl sites for hydroxylation is 1.